The molecular formula is C17H20ClN2O+. The maximum Gasteiger partial charge on any atom is 0.282 e. The van der Waals surface area contributed by atoms with Gasteiger partial charge in [0.1, 0.15) is 6.54 Å². The third-order valence-electron chi connectivity index (χ3n) is 3.59. The highest BCUT2D eigenvalue weighted by atomic mass is 35.5. The third-order valence-corrected chi connectivity index (χ3v) is 3.92. The molecule has 0 aliphatic carbocycles. The van der Waals surface area contributed by atoms with Crippen molar-refractivity contribution in [2.45, 2.75) is 19.5 Å². The Kier molecular flexibility index (Phi) is 5.37. The summed E-state index contributed by atoms with van der Waals surface area (Å²) in [6.45, 7) is 2.72. The van der Waals surface area contributed by atoms with E-state index in [1.807, 2.05) is 44.3 Å². The number of hydrogen-bond donors (Lipinski definition) is 2. The molecule has 2 atom stereocenters. The van der Waals surface area contributed by atoms with Crippen LogP contribution >= 0.6 is 11.6 Å². The molecule has 2 aromatic carbocycles. The summed E-state index contributed by atoms with van der Waals surface area (Å²) in [5.41, 5.74) is 1.87. The number of anilines is 1. The molecule has 4 heteroatoms. The molecule has 2 N–H and O–H groups in total. The number of carbonyl (C=O) groups is 1. The molecule has 3 nitrogen and oxygen atoms in total. The van der Waals surface area contributed by atoms with Crippen LogP contribution in [0.4, 0.5) is 5.69 Å². The lowest BCUT2D eigenvalue weighted by Crippen LogP contribution is -3.12. The summed E-state index contributed by atoms with van der Waals surface area (Å²) < 4.78 is 0. The van der Waals surface area contributed by atoms with Crippen molar-refractivity contribution in [3.8, 4) is 0 Å². The Hall–Kier alpha value is -1.84. The van der Waals surface area contributed by atoms with E-state index in [9.17, 15) is 4.79 Å². The van der Waals surface area contributed by atoms with Crippen molar-refractivity contribution in [3.05, 3.63) is 65.2 Å². The molecule has 1 amide bonds. The molecule has 21 heavy (non-hydrogen) atoms. The summed E-state index contributed by atoms with van der Waals surface area (Å²) in [4.78, 5) is 13.4. The number of hydrogen-bond acceptors (Lipinski definition) is 1. The van der Waals surface area contributed by atoms with Crippen LogP contribution < -0.4 is 10.2 Å². The van der Waals surface area contributed by atoms with Gasteiger partial charge in [0.15, 0.2) is 6.04 Å². The molecule has 1 unspecified atom stereocenters. The Labute approximate surface area is 130 Å². The number of carbonyl (C=O) groups excluding carboxylic acids is 1. The van der Waals surface area contributed by atoms with Crippen LogP contribution in [0.25, 0.3) is 0 Å². The van der Waals surface area contributed by atoms with Crippen molar-refractivity contribution in [1.29, 1.82) is 0 Å². The van der Waals surface area contributed by atoms with E-state index in [0.29, 0.717) is 10.7 Å². The molecule has 0 aromatic heterocycles. The number of benzene rings is 2. The van der Waals surface area contributed by atoms with Gasteiger partial charge >= 0.3 is 0 Å². The summed E-state index contributed by atoms with van der Waals surface area (Å²) in [6, 6.07) is 17.3. The number of quaternary nitrogens is 1. The monoisotopic (exact) mass is 303 g/mol. The van der Waals surface area contributed by atoms with Crippen LogP contribution in [0, 0.1) is 0 Å². The SMILES string of the molecule is C[C@@H](C(=O)Nc1ccccc1Cl)[NH+](C)Cc1ccccc1. The van der Waals surface area contributed by atoms with Gasteiger partial charge in [-0.15, -0.1) is 0 Å². The van der Waals surface area contributed by atoms with Gasteiger partial charge in [-0.3, -0.25) is 4.79 Å². The summed E-state index contributed by atoms with van der Waals surface area (Å²) in [7, 11) is 2.02. The quantitative estimate of drug-likeness (QED) is 0.874. The highest BCUT2D eigenvalue weighted by Gasteiger charge is 2.22. The summed E-state index contributed by atoms with van der Waals surface area (Å²) >= 11 is 6.06. The highest BCUT2D eigenvalue weighted by Crippen LogP contribution is 2.20. The number of amides is 1. The first kappa shape index (κ1) is 15.5. The maximum atomic E-state index is 12.3. The first-order valence-corrected chi connectivity index (χ1v) is 7.37. The molecule has 2 rings (SSSR count). The standard InChI is InChI=1S/C17H19ClN2O/c1-13(20(2)12-14-8-4-3-5-9-14)17(21)19-16-11-7-6-10-15(16)18/h3-11,13H,12H2,1-2H3,(H,19,21)/p+1/t13-/m0/s1. The zero-order valence-electron chi connectivity index (χ0n) is 12.3. The minimum Gasteiger partial charge on any atom is -0.324 e. The second-order valence-corrected chi connectivity index (χ2v) is 5.61. The molecule has 0 fully saturated rings. The van der Waals surface area contributed by atoms with E-state index in [4.69, 9.17) is 11.6 Å². The van der Waals surface area contributed by atoms with Crippen molar-refractivity contribution in [2.24, 2.45) is 0 Å². The van der Waals surface area contributed by atoms with E-state index in [0.717, 1.165) is 11.4 Å². The van der Waals surface area contributed by atoms with E-state index >= 15 is 0 Å². The zero-order valence-corrected chi connectivity index (χ0v) is 13.0. The number of nitrogens with one attached hydrogen (secondary N) is 2. The molecule has 0 heterocycles. The molecule has 0 aliphatic rings. The summed E-state index contributed by atoms with van der Waals surface area (Å²) in [6.07, 6.45) is 0. The first-order chi connectivity index (χ1) is 10.1. The molecule has 0 saturated carbocycles. The average Bonchev–Trinajstić information content (AvgIpc) is 2.49. The van der Waals surface area contributed by atoms with Gasteiger partial charge in [-0.1, -0.05) is 54.1 Å². The maximum absolute atomic E-state index is 12.3. The van der Waals surface area contributed by atoms with Crippen molar-refractivity contribution in [1.82, 2.24) is 0 Å². The van der Waals surface area contributed by atoms with Gasteiger partial charge in [0.2, 0.25) is 0 Å². The fourth-order valence-electron chi connectivity index (χ4n) is 2.10. The number of para-hydroxylation sites is 1. The second kappa shape index (κ2) is 7.25. The predicted molar refractivity (Wildman–Crippen MR) is 86.6 cm³/mol. The smallest absolute Gasteiger partial charge is 0.282 e. The third kappa shape index (κ3) is 4.31. The Morgan fingerprint density at radius 1 is 1.14 bits per heavy atom. The lowest BCUT2D eigenvalue weighted by molar-refractivity contribution is -0.907. The molecule has 0 bridgehead atoms. The van der Waals surface area contributed by atoms with E-state index in [1.165, 1.54) is 5.56 Å². The van der Waals surface area contributed by atoms with Gasteiger partial charge in [0, 0.05) is 5.56 Å². The van der Waals surface area contributed by atoms with E-state index in [2.05, 4.69) is 17.4 Å². The van der Waals surface area contributed by atoms with E-state index in [-0.39, 0.29) is 11.9 Å². The fourth-order valence-corrected chi connectivity index (χ4v) is 2.28. The van der Waals surface area contributed by atoms with Gasteiger partial charge in [0.05, 0.1) is 17.8 Å². The molecule has 2 aromatic rings. The predicted octanol–water partition coefficient (Wildman–Crippen LogP) is 2.38. The normalized spacial score (nSPS) is 13.5. The lowest BCUT2D eigenvalue weighted by Gasteiger charge is -2.21. The van der Waals surface area contributed by atoms with Gasteiger partial charge in [-0.05, 0) is 19.1 Å². The molecule has 0 radical (unpaired) electrons. The van der Waals surface area contributed by atoms with Gasteiger partial charge in [0.25, 0.3) is 5.91 Å². The average molecular weight is 304 g/mol. The number of halogens is 1. The van der Waals surface area contributed by atoms with Crippen LogP contribution in [-0.2, 0) is 11.3 Å². The van der Waals surface area contributed by atoms with E-state index < -0.39 is 0 Å². The van der Waals surface area contributed by atoms with Crippen LogP contribution in [0.15, 0.2) is 54.6 Å². The Bertz CT molecular complexity index is 601. The van der Waals surface area contributed by atoms with Crippen molar-refractivity contribution in [3.63, 3.8) is 0 Å². The van der Waals surface area contributed by atoms with Gasteiger partial charge in [-0.2, -0.15) is 0 Å². The minimum absolute atomic E-state index is 0.0310. The fraction of sp³-hybridized carbons (Fsp3) is 0.235. The number of rotatable bonds is 5. The number of likely N-dealkylation sites (N-methyl/N-ethyl adjacent to an activating group) is 1. The molecule has 0 aliphatic heterocycles. The van der Waals surface area contributed by atoms with Crippen molar-refractivity contribution >= 4 is 23.2 Å². The van der Waals surface area contributed by atoms with Crippen LogP contribution in [0.2, 0.25) is 5.02 Å². The topological polar surface area (TPSA) is 33.5 Å². The van der Waals surface area contributed by atoms with Gasteiger partial charge < -0.3 is 10.2 Å². The van der Waals surface area contributed by atoms with Crippen molar-refractivity contribution < 1.29 is 9.69 Å². The largest absolute Gasteiger partial charge is 0.324 e. The second-order valence-electron chi connectivity index (χ2n) is 5.20. The molecular weight excluding hydrogens is 284 g/mol. The Morgan fingerprint density at radius 3 is 2.43 bits per heavy atom. The Morgan fingerprint density at radius 2 is 1.76 bits per heavy atom. The first-order valence-electron chi connectivity index (χ1n) is 6.99. The Balaban J connectivity index is 1.97. The zero-order chi connectivity index (χ0) is 15.2. The van der Waals surface area contributed by atoms with Crippen molar-refractivity contribution in [2.75, 3.05) is 12.4 Å². The highest BCUT2D eigenvalue weighted by molar-refractivity contribution is 6.33. The molecule has 0 spiro atoms. The lowest BCUT2D eigenvalue weighted by atomic mass is 10.2. The van der Waals surface area contributed by atoms with Crippen LogP contribution in [0.5, 0.6) is 0 Å². The van der Waals surface area contributed by atoms with Crippen LogP contribution in [0.3, 0.4) is 0 Å². The van der Waals surface area contributed by atoms with Crippen LogP contribution in [-0.4, -0.2) is 19.0 Å². The summed E-state index contributed by atoms with van der Waals surface area (Å²) in [5.74, 6) is -0.0310. The summed E-state index contributed by atoms with van der Waals surface area (Å²) in [5, 5.41) is 3.44. The molecule has 0 saturated heterocycles. The van der Waals surface area contributed by atoms with Gasteiger partial charge in [-0.25, -0.2) is 0 Å². The van der Waals surface area contributed by atoms with E-state index in [1.54, 1.807) is 12.1 Å². The van der Waals surface area contributed by atoms with Crippen LogP contribution in [0.1, 0.15) is 12.5 Å². The molecule has 110 valence electrons. The minimum atomic E-state index is -0.165.